The van der Waals surface area contributed by atoms with Crippen LogP contribution in [0.15, 0.2) is 57.3 Å². The summed E-state index contributed by atoms with van der Waals surface area (Å²) in [6.45, 7) is 8.46. The topological polar surface area (TPSA) is 37.4 Å². The second-order valence-electron chi connectivity index (χ2n) is 7.62. The van der Waals surface area contributed by atoms with Gasteiger partial charge in [-0.3, -0.25) is 9.59 Å². The number of ketones is 1. The van der Waals surface area contributed by atoms with E-state index >= 15 is 0 Å². The van der Waals surface area contributed by atoms with Gasteiger partial charge in [0, 0.05) is 22.8 Å². The summed E-state index contributed by atoms with van der Waals surface area (Å²) in [6, 6.07) is 11.2. The van der Waals surface area contributed by atoms with Gasteiger partial charge in [-0.15, -0.1) is 11.3 Å². The minimum atomic E-state index is -0.585. The number of hydrogen-bond acceptors (Lipinski definition) is 3. The molecule has 0 saturated carbocycles. The normalized spacial score (nSPS) is 20.0. The van der Waals surface area contributed by atoms with E-state index in [0.29, 0.717) is 12.1 Å². The lowest BCUT2D eigenvalue weighted by molar-refractivity contribution is -0.136. The molecule has 136 valence electrons. The fraction of sp³-hybridized carbons (Fsp3) is 0.333. The van der Waals surface area contributed by atoms with Gasteiger partial charge in [0.05, 0.1) is 15.7 Å². The van der Waals surface area contributed by atoms with Crippen LogP contribution in [0.25, 0.3) is 0 Å². The number of halogens is 1. The number of thiophene rings is 1. The predicted octanol–water partition coefficient (Wildman–Crippen LogP) is 5.67. The van der Waals surface area contributed by atoms with Crippen molar-refractivity contribution in [3.05, 3.63) is 68.5 Å². The van der Waals surface area contributed by atoms with Crippen molar-refractivity contribution in [2.45, 2.75) is 34.2 Å². The first-order chi connectivity index (χ1) is 12.2. The number of rotatable bonds is 4. The first-order valence-electron chi connectivity index (χ1n) is 8.51. The van der Waals surface area contributed by atoms with Gasteiger partial charge in [0.1, 0.15) is 0 Å². The van der Waals surface area contributed by atoms with Gasteiger partial charge < -0.3 is 4.90 Å². The lowest BCUT2D eigenvalue weighted by Gasteiger charge is -2.31. The number of carbonyl (C=O) groups excluding carboxylic acids is 2. The largest absolute Gasteiger partial charge is 0.310 e. The molecular formula is C21H22BrNO2S. The van der Waals surface area contributed by atoms with Crippen LogP contribution in [0.2, 0.25) is 0 Å². The summed E-state index contributed by atoms with van der Waals surface area (Å²) >= 11 is 5.15. The van der Waals surface area contributed by atoms with E-state index in [2.05, 4.69) is 15.9 Å². The van der Waals surface area contributed by atoms with Crippen LogP contribution < -0.4 is 0 Å². The molecular weight excluding hydrogens is 410 g/mol. The third kappa shape index (κ3) is 3.08. The summed E-state index contributed by atoms with van der Waals surface area (Å²) in [5, 5.41) is 1.99. The average Bonchev–Trinajstić information content (AvgIpc) is 3.06. The molecule has 1 fully saturated rings. The Morgan fingerprint density at radius 2 is 1.77 bits per heavy atom. The van der Waals surface area contributed by atoms with E-state index in [-0.39, 0.29) is 11.7 Å². The fourth-order valence-electron chi connectivity index (χ4n) is 3.20. The Morgan fingerprint density at radius 3 is 2.35 bits per heavy atom. The van der Waals surface area contributed by atoms with Crippen molar-refractivity contribution in [1.29, 1.82) is 0 Å². The van der Waals surface area contributed by atoms with Crippen LogP contribution in [0.3, 0.4) is 0 Å². The zero-order valence-corrected chi connectivity index (χ0v) is 17.8. The van der Waals surface area contributed by atoms with Crippen molar-refractivity contribution < 1.29 is 9.59 Å². The van der Waals surface area contributed by atoms with Crippen molar-refractivity contribution in [3.8, 4) is 0 Å². The first-order valence-corrected chi connectivity index (χ1v) is 10.2. The molecule has 3 rings (SSSR count). The molecule has 0 N–H and O–H groups in total. The van der Waals surface area contributed by atoms with Gasteiger partial charge in [0.25, 0.3) is 0 Å². The Labute approximate surface area is 166 Å². The molecule has 1 amide bonds. The molecule has 1 aromatic heterocycles. The number of hydrogen-bond donors (Lipinski definition) is 0. The minimum Gasteiger partial charge on any atom is -0.310 e. The van der Waals surface area contributed by atoms with Gasteiger partial charge >= 0.3 is 0 Å². The van der Waals surface area contributed by atoms with Crippen molar-refractivity contribution in [1.82, 2.24) is 4.90 Å². The van der Waals surface area contributed by atoms with E-state index in [1.807, 2.05) is 57.3 Å². The monoisotopic (exact) mass is 431 g/mol. The Hall–Kier alpha value is -1.72. The lowest BCUT2D eigenvalue weighted by atomic mass is 9.68. The zero-order valence-electron chi connectivity index (χ0n) is 15.4. The van der Waals surface area contributed by atoms with Crippen molar-refractivity contribution >= 4 is 39.0 Å². The molecule has 26 heavy (non-hydrogen) atoms. The molecule has 0 aliphatic carbocycles. The van der Waals surface area contributed by atoms with Gasteiger partial charge in [-0.25, -0.2) is 0 Å². The molecule has 0 unspecified atom stereocenters. The Morgan fingerprint density at radius 1 is 1.12 bits per heavy atom. The summed E-state index contributed by atoms with van der Waals surface area (Å²) in [6.07, 6.45) is 1.64. The molecule has 2 aromatic rings. The van der Waals surface area contributed by atoms with Crippen molar-refractivity contribution in [2.75, 3.05) is 0 Å². The molecule has 1 saturated heterocycles. The number of likely N-dealkylation sites (tertiary alicyclic amines) is 1. The van der Waals surface area contributed by atoms with E-state index in [1.54, 1.807) is 34.4 Å². The quantitative estimate of drug-likeness (QED) is 0.461. The van der Waals surface area contributed by atoms with E-state index < -0.39 is 10.8 Å². The van der Waals surface area contributed by atoms with E-state index in [1.165, 1.54) is 0 Å². The summed E-state index contributed by atoms with van der Waals surface area (Å²) in [5.74, 6) is -0.0266. The molecule has 5 heteroatoms. The van der Waals surface area contributed by atoms with Crippen LogP contribution in [-0.4, -0.2) is 16.6 Å². The molecule has 0 radical (unpaired) electrons. The molecule has 1 aliphatic rings. The van der Waals surface area contributed by atoms with Crippen LogP contribution in [0, 0.1) is 10.8 Å². The number of allylic oxidation sites excluding steroid dienone is 2. The van der Waals surface area contributed by atoms with Crippen LogP contribution >= 0.6 is 27.3 Å². The van der Waals surface area contributed by atoms with E-state index in [4.69, 9.17) is 0 Å². The van der Waals surface area contributed by atoms with Gasteiger partial charge in [-0.1, -0.05) is 58.0 Å². The second-order valence-corrected chi connectivity index (χ2v) is 9.85. The predicted molar refractivity (Wildman–Crippen MR) is 109 cm³/mol. The summed E-state index contributed by atoms with van der Waals surface area (Å²) in [5.41, 5.74) is 1.42. The molecule has 3 nitrogen and oxygen atoms in total. The Balaban J connectivity index is 2.05. The smallest absolute Gasteiger partial charge is 0.233 e. The van der Waals surface area contributed by atoms with Gasteiger partial charge in [0.15, 0.2) is 5.78 Å². The average molecular weight is 432 g/mol. The zero-order chi connectivity index (χ0) is 19.1. The third-order valence-electron chi connectivity index (χ3n) is 5.62. The first kappa shape index (κ1) is 19.1. The summed E-state index contributed by atoms with van der Waals surface area (Å²) < 4.78 is 1.02. The van der Waals surface area contributed by atoms with E-state index in [0.717, 1.165) is 15.0 Å². The Kier molecular flexibility index (Phi) is 4.97. The summed E-state index contributed by atoms with van der Waals surface area (Å²) in [7, 11) is 0. The Bertz CT molecular complexity index is 880. The number of amides is 1. The van der Waals surface area contributed by atoms with Gasteiger partial charge in [-0.05, 0) is 32.9 Å². The summed E-state index contributed by atoms with van der Waals surface area (Å²) in [4.78, 5) is 27.7. The molecule has 0 atom stereocenters. The maximum Gasteiger partial charge on any atom is 0.233 e. The van der Waals surface area contributed by atoms with E-state index in [9.17, 15) is 9.59 Å². The van der Waals surface area contributed by atoms with Gasteiger partial charge in [0.2, 0.25) is 5.91 Å². The molecule has 0 spiro atoms. The number of benzene rings is 1. The van der Waals surface area contributed by atoms with Crippen LogP contribution in [-0.2, 0) is 11.3 Å². The highest BCUT2D eigenvalue weighted by atomic mass is 79.9. The van der Waals surface area contributed by atoms with Crippen LogP contribution in [0.4, 0.5) is 0 Å². The molecule has 2 heterocycles. The highest BCUT2D eigenvalue weighted by Gasteiger charge is 2.56. The lowest BCUT2D eigenvalue weighted by Crippen LogP contribution is -2.34. The SMILES string of the molecule is CC1(C)C(=O)N(Cc2ccsc2Br)/C(=C/C(=O)c2ccccc2)C1(C)C. The van der Waals surface area contributed by atoms with Crippen LogP contribution in [0.5, 0.6) is 0 Å². The maximum atomic E-state index is 13.2. The standard InChI is InChI=1S/C21H22BrNO2S/c1-20(2)17(12-16(24)14-8-6-5-7-9-14)23(19(25)21(20,3)4)13-15-10-11-26-18(15)22/h5-12H,13H2,1-4H3/b17-12+. The van der Waals surface area contributed by atoms with Crippen molar-refractivity contribution in [2.24, 2.45) is 10.8 Å². The second kappa shape index (κ2) is 6.78. The molecule has 1 aliphatic heterocycles. The van der Waals surface area contributed by atoms with Crippen LogP contribution in [0.1, 0.15) is 43.6 Å². The minimum absolute atomic E-state index is 0.0488. The number of nitrogens with zero attached hydrogens (tertiary/aromatic N) is 1. The molecule has 1 aromatic carbocycles. The highest BCUT2D eigenvalue weighted by Crippen LogP contribution is 2.53. The van der Waals surface area contributed by atoms with Crippen molar-refractivity contribution in [3.63, 3.8) is 0 Å². The number of carbonyl (C=O) groups is 2. The maximum absolute atomic E-state index is 13.2. The highest BCUT2D eigenvalue weighted by molar-refractivity contribution is 9.11. The third-order valence-corrected chi connectivity index (χ3v) is 7.43. The molecule has 0 bridgehead atoms. The fourth-order valence-corrected chi connectivity index (χ4v) is 4.42. The van der Waals surface area contributed by atoms with Gasteiger partial charge in [-0.2, -0.15) is 0 Å².